The van der Waals surface area contributed by atoms with Crippen molar-refractivity contribution in [2.75, 3.05) is 26.7 Å². The molecule has 20 heavy (non-hydrogen) atoms. The van der Waals surface area contributed by atoms with Crippen molar-refractivity contribution in [1.29, 1.82) is 0 Å². The summed E-state index contributed by atoms with van der Waals surface area (Å²) in [4.78, 5) is 25.0. The molecule has 1 fully saturated rings. The largest absolute Gasteiger partial charge is 0.480 e. The Bertz CT molecular complexity index is 315. The zero-order valence-corrected chi connectivity index (χ0v) is 12.5. The predicted molar refractivity (Wildman–Crippen MR) is 77.7 cm³/mol. The Kier molecular flexibility index (Phi) is 7.36. The Balaban J connectivity index is 2.25. The van der Waals surface area contributed by atoms with Crippen LogP contribution in [0.5, 0.6) is 0 Å². The fourth-order valence-electron chi connectivity index (χ4n) is 2.38. The summed E-state index contributed by atoms with van der Waals surface area (Å²) in [7, 11) is 2.10. The summed E-state index contributed by atoms with van der Waals surface area (Å²) in [5.41, 5.74) is 0. The monoisotopic (exact) mass is 285 g/mol. The normalized spacial score (nSPS) is 18.5. The summed E-state index contributed by atoms with van der Waals surface area (Å²) in [5.74, 6) is -0.469. The van der Waals surface area contributed by atoms with Crippen LogP contribution >= 0.6 is 0 Å². The van der Waals surface area contributed by atoms with Gasteiger partial charge in [0.25, 0.3) is 0 Å². The van der Waals surface area contributed by atoms with Gasteiger partial charge in [0, 0.05) is 6.54 Å². The van der Waals surface area contributed by atoms with Gasteiger partial charge in [-0.25, -0.2) is 9.59 Å². The van der Waals surface area contributed by atoms with Crippen molar-refractivity contribution >= 4 is 12.0 Å². The van der Waals surface area contributed by atoms with Crippen LogP contribution in [0.4, 0.5) is 4.79 Å². The quantitative estimate of drug-likeness (QED) is 0.658. The number of carboxylic acid groups (broad SMARTS) is 1. The number of unbranched alkanes of at least 4 members (excludes halogenated alkanes) is 1. The lowest BCUT2D eigenvalue weighted by Crippen LogP contribution is -2.47. The highest BCUT2D eigenvalue weighted by Gasteiger charge is 2.21. The van der Waals surface area contributed by atoms with Crippen molar-refractivity contribution in [3.8, 4) is 0 Å². The number of nitrogens with zero attached hydrogens (tertiary/aromatic N) is 1. The van der Waals surface area contributed by atoms with Crippen molar-refractivity contribution in [2.24, 2.45) is 5.92 Å². The maximum atomic E-state index is 11.7. The van der Waals surface area contributed by atoms with Gasteiger partial charge in [0.05, 0.1) is 0 Å². The average molecular weight is 285 g/mol. The number of urea groups is 1. The standard InChI is InChI=1S/C14H27N3O3/c1-3-4-5-12(13(18)19)16-14(20)15-10-11-6-8-17(2)9-7-11/h11-12H,3-10H2,1-2H3,(H,18,19)(H2,15,16,20). The second-order valence-electron chi connectivity index (χ2n) is 5.63. The zero-order valence-electron chi connectivity index (χ0n) is 12.5. The minimum atomic E-state index is -0.965. The molecule has 6 nitrogen and oxygen atoms in total. The molecule has 0 spiro atoms. The van der Waals surface area contributed by atoms with Crippen molar-refractivity contribution in [3.63, 3.8) is 0 Å². The molecule has 1 saturated heterocycles. The van der Waals surface area contributed by atoms with Gasteiger partial charge in [-0.2, -0.15) is 0 Å². The van der Waals surface area contributed by atoms with Crippen LogP contribution in [0.1, 0.15) is 39.0 Å². The smallest absolute Gasteiger partial charge is 0.326 e. The number of hydrogen-bond acceptors (Lipinski definition) is 3. The number of likely N-dealkylation sites (tertiary alicyclic amines) is 1. The van der Waals surface area contributed by atoms with Crippen molar-refractivity contribution in [3.05, 3.63) is 0 Å². The summed E-state index contributed by atoms with van der Waals surface area (Å²) in [6.45, 7) is 4.74. The molecule has 1 atom stereocenters. The second-order valence-corrected chi connectivity index (χ2v) is 5.63. The molecule has 116 valence electrons. The van der Waals surface area contributed by atoms with E-state index in [9.17, 15) is 9.59 Å². The van der Waals surface area contributed by atoms with E-state index < -0.39 is 12.0 Å². The van der Waals surface area contributed by atoms with E-state index in [1.54, 1.807) is 0 Å². The van der Waals surface area contributed by atoms with Gasteiger partial charge in [-0.1, -0.05) is 19.8 Å². The molecule has 0 aromatic carbocycles. The number of carbonyl (C=O) groups is 2. The molecule has 1 aliphatic heterocycles. The van der Waals surface area contributed by atoms with E-state index >= 15 is 0 Å². The number of rotatable bonds is 7. The number of nitrogens with one attached hydrogen (secondary N) is 2. The average Bonchev–Trinajstić information content (AvgIpc) is 2.42. The summed E-state index contributed by atoms with van der Waals surface area (Å²) < 4.78 is 0. The first-order chi connectivity index (χ1) is 9.52. The SMILES string of the molecule is CCCCC(NC(=O)NCC1CCN(C)CC1)C(=O)O. The first-order valence-corrected chi connectivity index (χ1v) is 7.48. The number of amides is 2. The maximum Gasteiger partial charge on any atom is 0.326 e. The second kappa shape index (κ2) is 8.79. The Morgan fingerprint density at radius 3 is 2.55 bits per heavy atom. The van der Waals surface area contributed by atoms with Crippen LogP contribution in [0, 0.1) is 5.92 Å². The lowest BCUT2D eigenvalue weighted by Gasteiger charge is -2.29. The van der Waals surface area contributed by atoms with Gasteiger partial charge in [0.2, 0.25) is 0 Å². The first kappa shape index (κ1) is 16.8. The van der Waals surface area contributed by atoms with Crippen LogP contribution in [0.15, 0.2) is 0 Å². The number of hydrogen-bond donors (Lipinski definition) is 3. The van der Waals surface area contributed by atoms with Gasteiger partial charge in [-0.15, -0.1) is 0 Å². The van der Waals surface area contributed by atoms with E-state index in [4.69, 9.17) is 5.11 Å². The summed E-state index contributed by atoms with van der Waals surface area (Å²) >= 11 is 0. The van der Waals surface area contributed by atoms with E-state index in [1.165, 1.54) is 0 Å². The van der Waals surface area contributed by atoms with Gasteiger partial charge < -0.3 is 20.6 Å². The van der Waals surface area contributed by atoms with Crippen molar-refractivity contribution in [1.82, 2.24) is 15.5 Å². The third kappa shape index (κ3) is 6.23. The molecule has 0 aromatic heterocycles. The molecule has 3 N–H and O–H groups in total. The molecule has 0 radical (unpaired) electrons. The summed E-state index contributed by atoms with van der Waals surface area (Å²) in [6, 6.07) is -1.15. The first-order valence-electron chi connectivity index (χ1n) is 7.48. The molecule has 6 heteroatoms. The van der Waals surface area contributed by atoms with Crippen LogP contribution in [0.2, 0.25) is 0 Å². The zero-order chi connectivity index (χ0) is 15.0. The highest BCUT2D eigenvalue weighted by Crippen LogP contribution is 2.14. The Morgan fingerprint density at radius 2 is 2.00 bits per heavy atom. The minimum absolute atomic E-state index is 0.368. The minimum Gasteiger partial charge on any atom is -0.480 e. The molecule has 0 bridgehead atoms. The lowest BCUT2D eigenvalue weighted by atomic mass is 9.97. The molecule has 1 aliphatic rings. The fraction of sp³-hybridized carbons (Fsp3) is 0.857. The molecule has 1 unspecified atom stereocenters. The maximum absolute atomic E-state index is 11.7. The third-order valence-electron chi connectivity index (χ3n) is 3.84. The van der Waals surface area contributed by atoms with Gasteiger partial charge in [-0.05, 0) is 45.3 Å². The van der Waals surface area contributed by atoms with Crippen molar-refractivity contribution in [2.45, 2.75) is 45.1 Å². The molecule has 0 aliphatic carbocycles. The Hall–Kier alpha value is -1.30. The molecule has 0 saturated carbocycles. The Morgan fingerprint density at radius 1 is 1.35 bits per heavy atom. The third-order valence-corrected chi connectivity index (χ3v) is 3.84. The summed E-state index contributed by atoms with van der Waals surface area (Å²) in [6.07, 6.45) is 4.35. The number of aliphatic carboxylic acids is 1. The van der Waals surface area contributed by atoms with Gasteiger partial charge in [0.15, 0.2) is 0 Å². The van der Waals surface area contributed by atoms with Gasteiger partial charge in [-0.3, -0.25) is 0 Å². The molecule has 2 amide bonds. The van der Waals surface area contributed by atoms with E-state index in [1.807, 2.05) is 6.92 Å². The van der Waals surface area contributed by atoms with Gasteiger partial charge >= 0.3 is 12.0 Å². The molecule has 0 aromatic rings. The van der Waals surface area contributed by atoms with Crippen LogP contribution in [0.3, 0.4) is 0 Å². The van der Waals surface area contributed by atoms with E-state index in [0.717, 1.165) is 38.8 Å². The molecule has 1 heterocycles. The topological polar surface area (TPSA) is 81.7 Å². The highest BCUT2D eigenvalue weighted by atomic mass is 16.4. The van der Waals surface area contributed by atoms with Crippen LogP contribution in [-0.2, 0) is 4.79 Å². The van der Waals surface area contributed by atoms with Crippen LogP contribution in [0.25, 0.3) is 0 Å². The molecular formula is C14H27N3O3. The number of piperidine rings is 1. The van der Waals surface area contributed by atoms with Crippen LogP contribution in [-0.4, -0.2) is 54.7 Å². The summed E-state index contributed by atoms with van der Waals surface area (Å²) in [5, 5.41) is 14.4. The van der Waals surface area contributed by atoms with Crippen molar-refractivity contribution < 1.29 is 14.7 Å². The molecule has 1 rings (SSSR count). The molecular weight excluding hydrogens is 258 g/mol. The fourth-order valence-corrected chi connectivity index (χ4v) is 2.38. The Labute approximate surface area is 120 Å². The van der Waals surface area contributed by atoms with E-state index in [2.05, 4.69) is 22.6 Å². The highest BCUT2D eigenvalue weighted by molar-refractivity contribution is 5.82. The van der Waals surface area contributed by atoms with E-state index in [0.29, 0.717) is 18.9 Å². The van der Waals surface area contributed by atoms with Crippen LogP contribution < -0.4 is 10.6 Å². The number of carbonyl (C=O) groups excluding carboxylic acids is 1. The lowest BCUT2D eigenvalue weighted by molar-refractivity contribution is -0.139. The van der Waals surface area contributed by atoms with E-state index in [-0.39, 0.29) is 6.03 Å². The number of carboxylic acids is 1. The predicted octanol–water partition coefficient (Wildman–Crippen LogP) is 1.27. The van der Waals surface area contributed by atoms with Gasteiger partial charge in [0.1, 0.15) is 6.04 Å².